The monoisotopic (exact) mass is 357 g/mol. The molecule has 0 saturated heterocycles. The van der Waals surface area contributed by atoms with Crippen molar-refractivity contribution in [3.63, 3.8) is 0 Å². The van der Waals surface area contributed by atoms with Crippen LogP contribution in [0, 0.1) is 0 Å². The van der Waals surface area contributed by atoms with Crippen LogP contribution in [0.15, 0.2) is 0 Å². The summed E-state index contributed by atoms with van der Waals surface area (Å²) < 4.78 is -2.30. The van der Waals surface area contributed by atoms with Gasteiger partial charge in [-0.2, -0.15) is 0 Å². The summed E-state index contributed by atoms with van der Waals surface area (Å²) in [6.45, 7) is 2.58. The van der Waals surface area contributed by atoms with Crippen LogP contribution in [0.25, 0.3) is 0 Å². The van der Waals surface area contributed by atoms with Gasteiger partial charge in [-0.3, -0.25) is 0 Å². The average molecular weight is 360 g/mol. The molecular formula is C8H9Cl6N3. The van der Waals surface area contributed by atoms with Gasteiger partial charge < -0.3 is 0 Å². The highest BCUT2D eigenvalue weighted by atomic mass is 35.6. The van der Waals surface area contributed by atoms with Crippen LogP contribution >= 0.6 is 69.6 Å². The first-order valence-corrected chi connectivity index (χ1v) is 7.02. The molecule has 0 aliphatic heterocycles. The van der Waals surface area contributed by atoms with Crippen LogP contribution in [0.3, 0.4) is 0 Å². The van der Waals surface area contributed by atoms with Crippen LogP contribution in [0.4, 0.5) is 0 Å². The Morgan fingerprint density at radius 1 is 1.18 bits per heavy atom. The quantitative estimate of drug-likeness (QED) is 0.727. The van der Waals surface area contributed by atoms with E-state index in [0.29, 0.717) is 6.54 Å². The molecule has 0 saturated carbocycles. The molecule has 0 amide bonds. The molecule has 1 heterocycles. The zero-order valence-corrected chi connectivity index (χ0v) is 13.3. The first-order chi connectivity index (χ1) is 7.71. The molecule has 0 fully saturated rings. The lowest BCUT2D eigenvalue weighted by molar-refractivity contribution is 0.523. The molecule has 1 aromatic heterocycles. The van der Waals surface area contributed by atoms with Gasteiger partial charge in [-0.1, -0.05) is 88.2 Å². The van der Waals surface area contributed by atoms with E-state index in [2.05, 4.69) is 10.3 Å². The van der Waals surface area contributed by atoms with Crippen molar-refractivity contribution in [1.29, 1.82) is 0 Å². The highest BCUT2D eigenvalue weighted by molar-refractivity contribution is 6.75. The van der Waals surface area contributed by atoms with Gasteiger partial charge in [-0.05, 0) is 6.42 Å². The second kappa shape index (κ2) is 5.89. The summed E-state index contributed by atoms with van der Waals surface area (Å²) in [5, 5.41) is 7.53. The SMILES string of the molecule is CCCCn1nnc(Cl)c1C(Cl)(Cl)C(Cl)(Cl)Cl. The first-order valence-electron chi connectivity index (χ1n) is 4.75. The molecule has 0 aromatic carbocycles. The van der Waals surface area contributed by atoms with Crippen molar-refractivity contribution >= 4 is 69.6 Å². The Hall–Kier alpha value is 0.880. The van der Waals surface area contributed by atoms with Crippen molar-refractivity contribution in [2.24, 2.45) is 0 Å². The normalized spacial score (nSPS) is 13.1. The third kappa shape index (κ3) is 3.46. The minimum absolute atomic E-state index is 0.0254. The van der Waals surface area contributed by atoms with Crippen LogP contribution in [-0.4, -0.2) is 18.8 Å². The number of halogens is 6. The van der Waals surface area contributed by atoms with E-state index in [1.54, 1.807) is 0 Å². The summed E-state index contributed by atoms with van der Waals surface area (Å²) in [4.78, 5) is 0. The van der Waals surface area contributed by atoms with E-state index in [0.717, 1.165) is 12.8 Å². The predicted octanol–water partition coefficient (Wildman–Crippen LogP) is 4.73. The zero-order valence-electron chi connectivity index (χ0n) is 8.73. The Kier molecular flexibility index (Phi) is 5.52. The van der Waals surface area contributed by atoms with Crippen LogP contribution in [0.5, 0.6) is 0 Å². The number of unbranched alkanes of at least 4 members (excludes halogenated alkanes) is 1. The summed E-state index contributed by atoms with van der Waals surface area (Å²) in [6.07, 6.45) is 1.82. The predicted molar refractivity (Wildman–Crippen MR) is 73.6 cm³/mol. The van der Waals surface area contributed by atoms with Crippen molar-refractivity contribution in [3.8, 4) is 0 Å². The van der Waals surface area contributed by atoms with E-state index in [9.17, 15) is 0 Å². The fourth-order valence-corrected chi connectivity index (χ4v) is 2.19. The van der Waals surface area contributed by atoms with Crippen molar-refractivity contribution in [2.45, 2.75) is 34.4 Å². The lowest BCUT2D eigenvalue weighted by Gasteiger charge is -2.27. The van der Waals surface area contributed by atoms with Crippen LogP contribution in [-0.2, 0) is 10.9 Å². The summed E-state index contributed by atoms with van der Waals surface area (Å²) in [7, 11) is 0. The Morgan fingerprint density at radius 3 is 2.24 bits per heavy atom. The maximum atomic E-state index is 6.05. The van der Waals surface area contributed by atoms with Gasteiger partial charge in [0.1, 0.15) is 5.69 Å². The number of hydrogen-bond acceptors (Lipinski definition) is 2. The van der Waals surface area contributed by atoms with Crippen molar-refractivity contribution in [3.05, 3.63) is 10.8 Å². The molecule has 0 atom stereocenters. The lowest BCUT2D eigenvalue weighted by atomic mass is 10.3. The van der Waals surface area contributed by atoms with Gasteiger partial charge in [0.15, 0.2) is 5.15 Å². The summed E-state index contributed by atoms with van der Waals surface area (Å²) in [5.74, 6) is 0. The molecular weight excluding hydrogens is 351 g/mol. The molecule has 0 radical (unpaired) electrons. The second-order valence-electron chi connectivity index (χ2n) is 3.38. The van der Waals surface area contributed by atoms with Gasteiger partial charge in [-0.15, -0.1) is 5.10 Å². The smallest absolute Gasteiger partial charge is 0.228 e. The number of alkyl halides is 5. The van der Waals surface area contributed by atoms with Crippen molar-refractivity contribution in [1.82, 2.24) is 15.0 Å². The maximum Gasteiger partial charge on any atom is 0.228 e. The number of nitrogens with zero attached hydrogens (tertiary/aromatic N) is 3. The third-order valence-corrected chi connectivity index (χ3v) is 4.68. The molecule has 0 aliphatic rings. The summed E-state index contributed by atoms with van der Waals surface area (Å²) in [5.41, 5.74) is 0.191. The van der Waals surface area contributed by atoms with E-state index in [1.807, 2.05) is 6.92 Å². The minimum Gasteiger partial charge on any atom is -0.245 e. The molecule has 0 N–H and O–H groups in total. The number of hydrogen-bond donors (Lipinski definition) is 0. The van der Waals surface area contributed by atoms with Crippen LogP contribution < -0.4 is 0 Å². The van der Waals surface area contributed by atoms with E-state index in [4.69, 9.17) is 69.6 Å². The minimum atomic E-state index is -1.94. The molecule has 0 unspecified atom stereocenters. The molecule has 3 nitrogen and oxygen atoms in total. The summed E-state index contributed by atoms with van der Waals surface area (Å²) >= 11 is 35.2. The molecule has 1 rings (SSSR count). The Labute approximate surface area is 129 Å². The first kappa shape index (κ1) is 15.9. The fraction of sp³-hybridized carbons (Fsp3) is 0.750. The van der Waals surface area contributed by atoms with Gasteiger partial charge in [0, 0.05) is 6.54 Å². The molecule has 0 bridgehead atoms. The van der Waals surface area contributed by atoms with Crippen molar-refractivity contribution < 1.29 is 0 Å². The standard InChI is InChI=1S/C8H9Cl6N3/c1-2-3-4-17-5(6(9)15-16-17)7(10,11)8(12,13)14/h2-4H2,1H3. The molecule has 0 spiro atoms. The van der Waals surface area contributed by atoms with E-state index in [1.165, 1.54) is 4.68 Å². The lowest BCUT2D eigenvalue weighted by Crippen LogP contribution is -2.31. The van der Waals surface area contributed by atoms with Gasteiger partial charge in [-0.25, -0.2) is 4.68 Å². The third-order valence-electron chi connectivity index (χ3n) is 2.07. The Bertz CT molecular complexity index is 383. The number of aromatic nitrogens is 3. The van der Waals surface area contributed by atoms with Crippen LogP contribution in [0.2, 0.25) is 5.15 Å². The zero-order chi connectivity index (χ0) is 13.3. The number of rotatable bonds is 4. The van der Waals surface area contributed by atoms with Gasteiger partial charge >= 0.3 is 0 Å². The number of aryl methyl sites for hydroxylation is 1. The second-order valence-corrected chi connectivity index (χ2v) is 7.34. The highest BCUT2D eigenvalue weighted by Gasteiger charge is 2.51. The van der Waals surface area contributed by atoms with Gasteiger partial charge in [0.05, 0.1) is 0 Å². The van der Waals surface area contributed by atoms with Crippen LogP contribution in [0.1, 0.15) is 25.5 Å². The molecule has 9 heteroatoms. The Balaban J connectivity index is 3.16. The van der Waals surface area contributed by atoms with Crippen molar-refractivity contribution in [2.75, 3.05) is 0 Å². The Morgan fingerprint density at radius 2 is 1.76 bits per heavy atom. The highest BCUT2D eigenvalue weighted by Crippen LogP contribution is 2.53. The largest absolute Gasteiger partial charge is 0.245 e. The molecule has 17 heavy (non-hydrogen) atoms. The topological polar surface area (TPSA) is 30.7 Å². The van der Waals surface area contributed by atoms with Gasteiger partial charge in [0.2, 0.25) is 8.13 Å². The molecule has 0 aliphatic carbocycles. The van der Waals surface area contributed by atoms with E-state index >= 15 is 0 Å². The average Bonchev–Trinajstić information content (AvgIpc) is 2.55. The van der Waals surface area contributed by atoms with E-state index < -0.39 is 8.13 Å². The molecule has 98 valence electrons. The van der Waals surface area contributed by atoms with E-state index in [-0.39, 0.29) is 10.8 Å². The maximum absolute atomic E-state index is 6.05. The summed E-state index contributed by atoms with van der Waals surface area (Å²) in [6, 6.07) is 0. The molecule has 1 aromatic rings. The van der Waals surface area contributed by atoms with Gasteiger partial charge in [0.25, 0.3) is 0 Å². The fourth-order valence-electron chi connectivity index (χ4n) is 1.18.